The lowest BCUT2D eigenvalue weighted by atomic mass is 10.0. The molecule has 1 aromatic rings. The van der Waals surface area contributed by atoms with Crippen molar-refractivity contribution >= 4 is 28.9 Å². The molecule has 0 bridgehead atoms. The fourth-order valence-electron chi connectivity index (χ4n) is 3.05. The Morgan fingerprint density at radius 1 is 1.42 bits per heavy atom. The largest absolute Gasteiger partial charge is 0.489 e. The highest BCUT2D eigenvalue weighted by Crippen LogP contribution is 2.40. The van der Waals surface area contributed by atoms with Crippen molar-refractivity contribution in [2.24, 2.45) is 11.8 Å². The molecule has 1 aliphatic heterocycles. The van der Waals surface area contributed by atoms with Crippen LogP contribution in [0.25, 0.3) is 0 Å². The van der Waals surface area contributed by atoms with Crippen molar-refractivity contribution in [3.63, 3.8) is 0 Å². The molecule has 2 fully saturated rings. The van der Waals surface area contributed by atoms with Crippen LogP contribution >= 0.6 is 22.9 Å². The molecular formula is C13H16ClNO3S. The molecule has 1 saturated heterocycles. The predicted molar refractivity (Wildman–Crippen MR) is 74.2 cm³/mol. The summed E-state index contributed by atoms with van der Waals surface area (Å²) in [5.74, 6) is 1.60. The Kier molecular flexibility index (Phi) is 3.69. The number of methoxy groups -OCH3 is 1. The van der Waals surface area contributed by atoms with Gasteiger partial charge >= 0.3 is 5.97 Å². The van der Waals surface area contributed by atoms with Crippen LogP contribution in [0.3, 0.4) is 0 Å². The Morgan fingerprint density at radius 2 is 2.11 bits per heavy atom. The molecule has 4 nitrogen and oxygen atoms in total. The van der Waals surface area contributed by atoms with E-state index in [0.29, 0.717) is 26.8 Å². The van der Waals surface area contributed by atoms with Crippen LogP contribution < -0.4 is 10.1 Å². The molecule has 0 amide bonds. The van der Waals surface area contributed by atoms with E-state index in [1.54, 1.807) is 6.07 Å². The van der Waals surface area contributed by atoms with Crippen LogP contribution in [-0.2, 0) is 4.74 Å². The first kappa shape index (κ1) is 13.2. The van der Waals surface area contributed by atoms with Crippen LogP contribution in [0.2, 0.25) is 4.34 Å². The first-order valence-electron chi connectivity index (χ1n) is 6.42. The van der Waals surface area contributed by atoms with E-state index in [2.05, 4.69) is 5.32 Å². The number of fused-ring (bicyclic) bond motifs is 1. The number of carbonyl (C=O) groups is 1. The van der Waals surface area contributed by atoms with Crippen molar-refractivity contribution in [3.8, 4) is 5.75 Å². The van der Waals surface area contributed by atoms with Gasteiger partial charge in [-0.3, -0.25) is 0 Å². The van der Waals surface area contributed by atoms with Gasteiger partial charge in [-0.15, -0.1) is 11.3 Å². The van der Waals surface area contributed by atoms with Gasteiger partial charge in [0.1, 0.15) is 5.75 Å². The summed E-state index contributed by atoms with van der Waals surface area (Å²) in [7, 11) is 1.37. The van der Waals surface area contributed by atoms with E-state index in [0.717, 1.165) is 25.9 Å². The maximum absolute atomic E-state index is 11.7. The van der Waals surface area contributed by atoms with E-state index in [1.807, 2.05) is 0 Å². The molecule has 1 N–H and O–H groups in total. The van der Waals surface area contributed by atoms with Crippen molar-refractivity contribution < 1.29 is 14.3 Å². The zero-order valence-electron chi connectivity index (χ0n) is 10.6. The second-order valence-corrected chi connectivity index (χ2v) is 6.81. The summed E-state index contributed by atoms with van der Waals surface area (Å²) in [6, 6.07) is 1.71. The van der Waals surface area contributed by atoms with Crippen LogP contribution in [0, 0.1) is 11.8 Å². The third-order valence-corrected chi connectivity index (χ3v) is 5.17. The van der Waals surface area contributed by atoms with Gasteiger partial charge in [0.25, 0.3) is 0 Å². The second-order valence-electron chi connectivity index (χ2n) is 5.13. The lowest BCUT2D eigenvalue weighted by Gasteiger charge is -2.14. The van der Waals surface area contributed by atoms with Crippen LogP contribution in [0.15, 0.2) is 6.07 Å². The number of hydrogen-bond acceptors (Lipinski definition) is 5. The number of hydrogen-bond donors (Lipinski definition) is 1. The second kappa shape index (κ2) is 5.31. The third-order valence-electron chi connectivity index (χ3n) is 3.94. The zero-order valence-corrected chi connectivity index (χ0v) is 12.2. The van der Waals surface area contributed by atoms with Crippen molar-refractivity contribution in [2.45, 2.75) is 18.9 Å². The summed E-state index contributed by atoms with van der Waals surface area (Å²) in [6.07, 6.45) is 2.28. The van der Waals surface area contributed by atoms with Gasteiger partial charge in [0.2, 0.25) is 0 Å². The molecule has 1 saturated carbocycles. The molecule has 6 heteroatoms. The van der Waals surface area contributed by atoms with Gasteiger partial charge in [0.05, 0.1) is 17.6 Å². The number of esters is 1. The van der Waals surface area contributed by atoms with Crippen LogP contribution in [-0.4, -0.2) is 32.3 Å². The van der Waals surface area contributed by atoms with Gasteiger partial charge in [-0.25, -0.2) is 4.79 Å². The van der Waals surface area contributed by atoms with Gasteiger partial charge in [0, 0.05) is 6.07 Å². The maximum Gasteiger partial charge on any atom is 0.351 e. The third kappa shape index (κ3) is 2.59. The summed E-state index contributed by atoms with van der Waals surface area (Å²) in [5.41, 5.74) is 0. The van der Waals surface area contributed by atoms with Crippen LogP contribution in [0.5, 0.6) is 5.75 Å². The van der Waals surface area contributed by atoms with Crippen LogP contribution in [0.4, 0.5) is 0 Å². The number of thiophene rings is 1. The molecule has 1 unspecified atom stereocenters. The molecule has 0 spiro atoms. The average Bonchev–Trinajstić information content (AvgIpc) is 3.03. The zero-order chi connectivity index (χ0) is 13.4. The standard InChI is InChI=1S/C13H16ClNO3S/c1-17-13(16)12-10(4-11(14)19-12)18-9-2-7-5-15-6-8(7)3-9/h4,7-9,15H,2-3,5-6H2,1H3/t7-,8+,9?. The Hall–Kier alpha value is -0.780. The Labute approximate surface area is 121 Å². The van der Waals surface area contributed by atoms with Gasteiger partial charge in [-0.2, -0.15) is 0 Å². The molecule has 2 aliphatic rings. The van der Waals surface area contributed by atoms with E-state index in [4.69, 9.17) is 21.1 Å². The lowest BCUT2D eigenvalue weighted by Crippen LogP contribution is -2.19. The van der Waals surface area contributed by atoms with Crippen molar-refractivity contribution in [1.82, 2.24) is 5.32 Å². The van der Waals surface area contributed by atoms with Crippen molar-refractivity contribution in [3.05, 3.63) is 15.3 Å². The Morgan fingerprint density at radius 3 is 2.74 bits per heavy atom. The number of nitrogens with one attached hydrogen (secondary N) is 1. The Balaban J connectivity index is 1.71. The minimum Gasteiger partial charge on any atom is -0.489 e. The molecule has 19 heavy (non-hydrogen) atoms. The SMILES string of the molecule is COC(=O)c1sc(Cl)cc1OC1C[C@H]2CNC[C@H]2C1. The van der Waals surface area contributed by atoms with E-state index in [-0.39, 0.29) is 12.1 Å². The fraction of sp³-hybridized carbons (Fsp3) is 0.615. The van der Waals surface area contributed by atoms with Crippen LogP contribution in [0.1, 0.15) is 22.5 Å². The summed E-state index contributed by atoms with van der Waals surface area (Å²) < 4.78 is 11.3. The minimum absolute atomic E-state index is 0.186. The summed E-state index contributed by atoms with van der Waals surface area (Å²) in [5, 5.41) is 3.40. The van der Waals surface area contributed by atoms with E-state index in [9.17, 15) is 4.79 Å². The minimum atomic E-state index is -0.383. The van der Waals surface area contributed by atoms with E-state index in [1.165, 1.54) is 18.4 Å². The fourth-order valence-corrected chi connectivity index (χ4v) is 4.12. The lowest BCUT2D eigenvalue weighted by molar-refractivity contribution is 0.0599. The number of ether oxygens (including phenoxy) is 2. The number of carbonyl (C=O) groups excluding carboxylic acids is 1. The molecule has 3 rings (SSSR count). The maximum atomic E-state index is 11.7. The van der Waals surface area contributed by atoms with Gasteiger partial charge in [-0.05, 0) is 37.8 Å². The molecule has 0 radical (unpaired) electrons. The summed E-state index contributed by atoms with van der Waals surface area (Å²) in [4.78, 5) is 12.1. The molecule has 1 aromatic heterocycles. The van der Waals surface area contributed by atoms with E-state index < -0.39 is 0 Å². The molecule has 3 atom stereocenters. The highest BCUT2D eigenvalue weighted by molar-refractivity contribution is 7.18. The van der Waals surface area contributed by atoms with Crippen molar-refractivity contribution in [2.75, 3.05) is 20.2 Å². The highest BCUT2D eigenvalue weighted by Gasteiger charge is 2.38. The van der Waals surface area contributed by atoms with Gasteiger partial charge in [0.15, 0.2) is 4.88 Å². The van der Waals surface area contributed by atoms with Gasteiger partial charge < -0.3 is 14.8 Å². The van der Waals surface area contributed by atoms with Gasteiger partial charge in [-0.1, -0.05) is 11.6 Å². The first-order valence-corrected chi connectivity index (χ1v) is 7.62. The normalized spacial score (nSPS) is 29.3. The molecule has 0 aromatic carbocycles. The summed E-state index contributed by atoms with van der Waals surface area (Å²) in [6.45, 7) is 2.16. The number of halogens is 1. The predicted octanol–water partition coefficient (Wildman–Crippen LogP) is 2.56. The van der Waals surface area contributed by atoms with Crippen molar-refractivity contribution in [1.29, 1.82) is 0 Å². The quantitative estimate of drug-likeness (QED) is 0.872. The molecule has 1 aliphatic carbocycles. The monoisotopic (exact) mass is 301 g/mol. The molecular weight excluding hydrogens is 286 g/mol. The summed E-state index contributed by atoms with van der Waals surface area (Å²) >= 11 is 7.17. The average molecular weight is 302 g/mol. The molecule has 2 heterocycles. The van der Waals surface area contributed by atoms with E-state index >= 15 is 0 Å². The number of rotatable bonds is 3. The Bertz CT molecular complexity index is 478. The topological polar surface area (TPSA) is 47.6 Å². The molecule has 104 valence electrons. The first-order chi connectivity index (χ1) is 9.17. The highest BCUT2D eigenvalue weighted by atomic mass is 35.5. The smallest absolute Gasteiger partial charge is 0.351 e.